The van der Waals surface area contributed by atoms with E-state index in [2.05, 4.69) is 5.32 Å². The highest BCUT2D eigenvalue weighted by Crippen LogP contribution is 2.38. The molecule has 0 saturated carbocycles. The van der Waals surface area contributed by atoms with Gasteiger partial charge in [0.1, 0.15) is 12.2 Å². The molecule has 3 atom stereocenters. The van der Waals surface area contributed by atoms with Gasteiger partial charge in [0.2, 0.25) is 18.6 Å². The molecule has 0 unspecified atom stereocenters. The maximum absolute atomic E-state index is 13.6. The SMILES string of the molecule is COCCC(=O)N(Cc1ccc2c(c1)OCO2)[C@@H]1CC(C(=O)NCCO)=C[C@H](Oc2c(I)cc(CO)cc2OC)[C@H]1O. The van der Waals surface area contributed by atoms with Crippen molar-refractivity contribution in [2.75, 3.05) is 40.8 Å². The van der Waals surface area contributed by atoms with E-state index in [0.29, 0.717) is 37.7 Å². The Morgan fingerprint density at radius 1 is 1.12 bits per heavy atom. The minimum Gasteiger partial charge on any atom is -0.493 e. The Morgan fingerprint density at radius 2 is 1.90 bits per heavy atom. The van der Waals surface area contributed by atoms with Crippen molar-refractivity contribution in [1.29, 1.82) is 0 Å². The fourth-order valence-electron chi connectivity index (χ4n) is 4.85. The molecule has 0 aromatic heterocycles. The van der Waals surface area contributed by atoms with Gasteiger partial charge in [0.25, 0.3) is 0 Å². The number of halogens is 1. The Labute approximate surface area is 257 Å². The molecule has 42 heavy (non-hydrogen) atoms. The lowest BCUT2D eigenvalue weighted by atomic mass is 9.87. The Bertz CT molecular complexity index is 1300. The second-order valence-electron chi connectivity index (χ2n) is 9.74. The van der Waals surface area contributed by atoms with Gasteiger partial charge >= 0.3 is 0 Å². The van der Waals surface area contributed by atoms with E-state index in [9.17, 15) is 24.9 Å². The number of hydrogen-bond acceptors (Lipinski definition) is 10. The van der Waals surface area contributed by atoms with Crippen LogP contribution in [0.1, 0.15) is 24.0 Å². The third-order valence-corrected chi connectivity index (χ3v) is 7.77. The van der Waals surface area contributed by atoms with Crippen molar-refractivity contribution in [3.63, 3.8) is 0 Å². The molecule has 2 aliphatic rings. The molecular weight excluding hydrogens is 663 g/mol. The van der Waals surface area contributed by atoms with Crippen LogP contribution < -0.4 is 24.3 Å². The van der Waals surface area contributed by atoms with Gasteiger partial charge < -0.3 is 49.2 Å². The van der Waals surface area contributed by atoms with E-state index < -0.39 is 24.2 Å². The van der Waals surface area contributed by atoms with Crippen LogP contribution in [0.5, 0.6) is 23.0 Å². The lowest BCUT2D eigenvalue weighted by molar-refractivity contribution is -0.140. The lowest BCUT2D eigenvalue weighted by Crippen LogP contribution is -2.55. The van der Waals surface area contributed by atoms with Crippen molar-refractivity contribution in [1.82, 2.24) is 10.2 Å². The van der Waals surface area contributed by atoms with Crippen LogP contribution in [-0.2, 0) is 27.5 Å². The van der Waals surface area contributed by atoms with Crippen molar-refractivity contribution in [3.8, 4) is 23.0 Å². The molecule has 2 aromatic carbocycles. The smallest absolute Gasteiger partial charge is 0.247 e. The third-order valence-electron chi connectivity index (χ3n) is 6.97. The highest BCUT2D eigenvalue weighted by atomic mass is 127. The maximum atomic E-state index is 13.6. The predicted molar refractivity (Wildman–Crippen MR) is 158 cm³/mol. The van der Waals surface area contributed by atoms with Crippen LogP contribution in [0.3, 0.4) is 0 Å². The Balaban J connectivity index is 1.71. The quantitative estimate of drug-likeness (QED) is 0.226. The van der Waals surface area contributed by atoms with Crippen molar-refractivity contribution >= 4 is 34.4 Å². The van der Waals surface area contributed by atoms with Crippen LogP contribution in [0, 0.1) is 3.57 Å². The first-order valence-electron chi connectivity index (χ1n) is 13.4. The Hall–Kier alpha value is -3.11. The summed E-state index contributed by atoms with van der Waals surface area (Å²) in [6, 6.07) is 7.85. The summed E-state index contributed by atoms with van der Waals surface area (Å²) in [5.74, 6) is 1.09. The van der Waals surface area contributed by atoms with Gasteiger partial charge in [-0.1, -0.05) is 6.07 Å². The summed E-state index contributed by atoms with van der Waals surface area (Å²) in [7, 11) is 2.96. The molecule has 0 radical (unpaired) electrons. The molecule has 0 spiro atoms. The van der Waals surface area contributed by atoms with E-state index in [1.807, 2.05) is 28.7 Å². The number of aliphatic hydroxyl groups excluding tert-OH is 3. The number of carbonyl (C=O) groups is 2. The summed E-state index contributed by atoms with van der Waals surface area (Å²) in [6.07, 6.45) is -0.658. The maximum Gasteiger partial charge on any atom is 0.247 e. The van der Waals surface area contributed by atoms with Gasteiger partial charge in [-0.2, -0.15) is 0 Å². The van der Waals surface area contributed by atoms with Gasteiger partial charge in [0, 0.05) is 32.2 Å². The molecule has 4 N–H and O–H groups in total. The largest absolute Gasteiger partial charge is 0.493 e. The van der Waals surface area contributed by atoms with Crippen LogP contribution in [0.15, 0.2) is 42.0 Å². The van der Waals surface area contributed by atoms with Gasteiger partial charge in [0.05, 0.1) is 43.0 Å². The molecule has 1 heterocycles. The van der Waals surface area contributed by atoms with Crippen LogP contribution >= 0.6 is 22.6 Å². The first kappa shape index (κ1) is 31.8. The molecule has 1 aliphatic carbocycles. The van der Waals surface area contributed by atoms with E-state index in [4.69, 9.17) is 23.7 Å². The summed E-state index contributed by atoms with van der Waals surface area (Å²) in [6.45, 7) is -0.0143. The summed E-state index contributed by atoms with van der Waals surface area (Å²) < 4.78 is 28.5. The van der Waals surface area contributed by atoms with Crippen LogP contribution in [0.2, 0.25) is 0 Å². The molecular formula is C29H35IN2O10. The minimum atomic E-state index is -1.24. The number of hydrogen-bond donors (Lipinski definition) is 4. The van der Waals surface area contributed by atoms with Crippen molar-refractivity contribution in [2.45, 2.75) is 44.2 Å². The van der Waals surface area contributed by atoms with E-state index in [0.717, 1.165) is 5.56 Å². The fraction of sp³-hybridized carbons (Fsp3) is 0.448. The van der Waals surface area contributed by atoms with Gasteiger partial charge in [-0.25, -0.2) is 0 Å². The number of carbonyl (C=O) groups excluding carboxylic acids is 2. The van der Waals surface area contributed by atoms with Gasteiger partial charge in [-0.05, 0) is 64.1 Å². The van der Waals surface area contributed by atoms with E-state index in [1.54, 1.807) is 24.3 Å². The standard InChI is InChI=1S/C29H35IN2O10/c1-38-8-5-26(35)32(14-17-3-4-22-23(10-17)41-16-40-22)21-12-19(29(37)31-6-7-33)13-24(27(21)36)42-28-20(30)9-18(15-34)11-25(28)39-2/h3-4,9-11,13,21,24,27,33-34,36H,5-8,12,14-16H2,1-2H3,(H,31,37)/t21-,24+,27+/m1/s1. The topological polar surface area (TPSA) is 156 Å². The fourth-order valence-corrected chi connectivity index (χ4v) is 5.65. The zero-order valence-corrected chi connectivity index (χ0v) is 25.5. The van der Waals surface area contributed by atoms with E-state index >= 15 is 0 Å². The molecule has 0 fully saturated rings. The summed E-state index contributed by atoms with van der Waals surface area (Å²) >= 11 is 2.05. The molecule has 4 rings (SSSR count). The Kier molecular flexibility index (Phi) is 11.3. The van der Waals surface area contributed by atoms with Crippen molar-refractivity contribution in [3.05, 3.63) is 56.7 Å². The number of nitrogens with zero attached hydrogens (tertiary/aromatic N) is 1. The first-order valence-corrected chi connectivity index (χ1v) is 14.5. The zero-order chi connectivity index (χ0) is 30.2. The highest BCUT2D eigenvalue weighted by molar-refractivity contribution is 14.1. The molecule has 0 bridgehead atoms. The lowest BCUT2D eigenvalue weighted by Gasteiger charge is -2.40. The summed E-state index contributed by atoms with van der Waals surface area (Å²) in [5, 5.41) is 33.2. The van der Waals surface area contributed by atoms with Gasteiger partial charge in [0.15, 0.2) is 23.0 Å². The number of ether oxygens (including phenoxy) is 5. The second kappa shape index (κ2) is 14.9. The van der Waals surface area contributed by atoms with E-state index in [-0.39, 0.29) is 58.5 Å². The number of aliphatic hydroxyl groups is 3. The number of rotatable bonds is 13. The number of methoxy groups -OCH3 is 2. The van der Waals surface area contributed by atoms with Crippen LogP contribution in [-0.4, -0.2) is 91.1 Å². The molecule has 1 aliphatic heterocycles. The van der Waals surface area contributed by atoms with Crippen LogP contribution in [0.25, 0.3) is 0 Å². The number of fused-ring (bicyclic) bond motifs is 1. The molecule has 228 valence electrons. The molecule has 12 nitrogen and oxygen atoms in total. The summed E-state index contributed by atoms with van der Waals surface area (Å²) in [5.41, 5.74) is 1.65. The number of nitrogens with one attached hydrogen (secondary N) is 1. The molecule has 13 heteroatoms. The minimum absolute atomic E-state index is 0.0386. The first-order chi connectivity index (χ1) is 20.3. The van der Waals surface area contributed by atoms with Crippen LogP contribution in [0.4, 0.5) is 0 Å². The normalized spacial score (nSPS) is 19.2. The molecule has 0 saturated heterocycles. The van der Waals surface area contributed by atoms with Gasteiger partial charge in [-0.15, -0.1) is 0 Å². The number of amides is 2. The molecule has 2 amide bonds. The van der Waals surface area contributed by atoms with E-state index in [1.165, 1.54) is 25.2 Å². The Morgan fingerprint density at radius 3 is 2.62 bits per heavy atom. The number of benzene rings is 2. The second-order valence-corrected chi connectivity index (χ2v) is 10.9. The zero-order valence-electron chi connectivity index (χ0n) is 23.4. The third kappa shape index (κ3) is 7.45. The average molecular weight is 699 g/mol. The average Bonchev–Trinajstić information content (AvgIpc) is 3.47. The van der Waals surface area contributed by atoms with Crippen molar-refractivity contribution < 1.29 is 48.6 Å². The van der Waals surface area contributed by atoms with Crippen molar-refractivity contribution in [2.24, 2.45) is 0 Å². The van der Waals surface area contributed by atoms with Gasteiger partial charge in [-0.3, -0.25) is 9.59 Å². The predicted octanol–water partition coefficient (Wildman–Crippen LogP) is 1.50. The highest BCUT2D eigenvalue weighted by Gasteiger charge is 2.41. The monoisotopic (exact) mass is 698 g/mol. The summed E-state index contributed by atoms with van der Waals surface area (Å²) in [4.78, 5) is 28.2. The molecule has 2 aromatic rings.